The Morgan fingerprint density at radius 2 is 2.24 bits per heavy atom. The molecule has 1 aromatic heterocycles. The molecule has 2 rings (SSSR count). The lowest BCUT2D eigenvalue weighted by molar-refractivity contribution is 0.147. The second-order valence-corrected chi connectivity index (χ2v) is 10.3. The van der Waals surface area contributed by atoms with Crippen LogP contribution in [0.3, 0.4) is 0 Å². The van der Waals surface area contributed by atoms with E-state index in [2.05, 4.69) is 15.9 Å². The lowest BCUT2D eigenvalue weighted by Crippen LogP contribution is -2.41. The Kier molecular flexibility index (Phi) is 6.13. The van der Waals surface area contributed by atoms with Crippen molar-refractivity contribution in [3.63, 3.8) is 0 Å². The molecule has 1 aromatic rings. The zero-order chi connectivity index (χ0) is 15.6. The van der Waals surface area contributed by atoms with Gasteiger partial charge in [0, 0.05) is 12.6 Å². The largest absolute Gasteiger partial charge is 0.393 e. The number of nitrogens with zero attached hydrogens (tertiary/aromatic N) is 1. The van der Waals surface area contributed by atoms with E-state index in [1.54, 1.807) is 11.2 Å². The van der Waals surface area contributed by atoms with Crippen LogP contribution in [-0.4, -0.2) is 36.5 Å². The standard InChI is InChI=1S/C13H19BrClNO3S2/c1-9(17)7-10-5-3-2-4-6-16(10)21(18,19)12-8-11(15)13(14)20-12/h8-10,17H,2-7H2,1H3. The fraction of sp³-hybridized carbons (Fsp3) is 0.692. The van der Waals surface area contributed by atoms with Gasteiger partial charge in [-0.1, -0.05) is 24.4 Å². The minimum Gasteiger partial charge on any atom is -0.393 e. The Morgan fingerprint density at radius 1 is 1.52 bits per heavy atom. The minimum atomic E-state index is -3.56. The van der Waals surface area contributed by atoms with Gasteiger partial charge in [0.2, 0.25) is 0 Å². The molecule has 0 amide bonds. The Bertz CT molecular complexity index is 569. The lowest BCUT2D eigenvalue weighted by Gasteiger charge is -2.29. The highest BCUT2D eigenvalue weighted by Crippen LogP contribution is 2.37. The van der Waals surface area contributed by atoms with Crippen molar-refractivity contribution in [2.75, 3.05) is 6.54 Å². The van der Waals surface area contributed by atoms with Crippen molar-refractivity contribution >= 4 is 48.9 Å². The maximum absolute atomic E-state index is 12.9. The van der Waals surface area contributed by atoms with Gasteiger partial charge in [0.05, 0.1) is 14.9 Å². The second kappa shape index (κ2) is 7.27. The molecule has 4 nitrogen and oxygen atoms in total. The van der Waals surface area contributed by atoms with E-state index < -0.39 is 16.1 Å². The van der Waals surface area contributed by atoms with Gasteiger partial charge in [-0.05, 0) is 48.2 Å². The number of hydrogen-bond acceptors (Lipinski definition) is 4. The lowest BCUT2D eigenvalue weighted by atomic mass is 10.1. The summed E-state index contributed by atoms with van der Waals surface area (Å²) in [6, 6.07) is 1.35. The predicted molar refractivity (Wildman–Crippen MR) is 89.5 cm³/mol. The number of thiophene rings is 1. The molecular formula is C13H19BrClNO3S2. The molecule has 0 radical (unpaired) electrons. The fourth-order valence-corrected chi connectivity index (χ4v) is 6.90. The highest BCUT2D eigenvalue weighted by Gasteiger charge is 2.34. The van der Waals surface area contributed by atoms with Gasteiger partial charge in [-0.15, -0.1) is 11.3 Å². The molecule has 2 heterocycles. The third-order valence-corrected chi connectivity index (χ3v) is 8.50. The summed E-state index contributed by atoms with van der Waals surface area (Å²) in [4.78, 5) is 0. The molecule has 0 aliphatic carbocycles. The highest BCUT2D eigenvalue weighted by atomic mass is 79.9. The van der Waals surface area contributed by atoms with Crippen molar-refractivity contribution in [2.45, 2.75) is 55.4 Å². The van der Waals surface area contributed by atoms with Gasteiger partial charge in [-0.3, -0.25) is 0 Å². The van der Waals surface area contributed by atoms with Crippen LogP contribution in [0.5, 0.6) is 0 Å². The third-order valence-electron chi connectivity index (χ3n) is 3.62. The Labute approximate surface area is 143 Å². The first-order chi connectivity index (χ1) is 9.82. The first kappa shape index (κ1) is 17.7. The normalized spacial score (nSPS) is 23.0. The van der Waals surface area contributed by atoms with E-state index in [4.69, 9.17) is 11.6 Å². The number of halogens is 2. The summed E-state index contributed by atoms with van der Waals surface area (Å²) in [5.41, 5.74) is 0. The predicted octanol–water partition coefficient (Wildman–Crippen LogP) is 3.87. The minimum absolute atomic E-state index is 0.142. The zero-order valence-corrected chi connectivity index (χ0v) is 15.7. The molecule has 0 spiro atoms. The quantitative estimate of drug-likeness (QED) is 0.810. The average Bonchev–Trinajstić information content (AvgIpc) is 2.61. The van der Waals surface area contributed by atoms with Crippen molar-refractivity contribution in [2.24, 2.45) is 0 Å². The molecule has 1 aliphatic rings. The summed E-state index contributed by atoms with van der Waals surface area (Å²) in [5.74, 6) is 0. The molecule has 1 fully saturated rings. The van der Waals surface area contributed by atoms with Gasteiger partial charge >= 0.3 is 0 Å². The topological polar surface area (TPSA) is 57.6 Å². The number of rotatable bonds is 4. The van der Waals surface area contributed by atoms with Crippen LogP contribution in [0, 0.1) is 0 Å². The van der Waals surface area contributed by atoms with Crippen LogP contribution in [-0.2, 0) is 10.0 Å². The Hall–Kier alpha value is 0.340. The molecule has 0 saturated carbocycles. The molecule has 1 N–H and O–H groups in total. The van der Waals surface area contributed by atoms with Crippen molar-refractivity contribution in [1.29, 1.82) is 0 Å². The van der Waals surface area contributed by atoms with E-state index >= 15 is 0 Å². The molecule has 0 bridgehead atoms. The summed E-state index contributed by atoms with van der Waals surface area (Å²) < 4.78 is 28.2. The van der Waals surface area contributed by atoms with Crippen LogP contribution in [0.2, 0.25) is 5.02 Å². The molecule has 21 heavy (non-hydrogen) atoms. The summed E-state index contributed by atoms with van der Waals surface area (Å²) >= 11 is 10.4. The van der Waals surface area contributed by atoms with Gasteiger partial charge in [0.25, 0.3) is 10.0 Å². The SMILES string of the molecule is CC(O)CC1CCCCCN1S(=O)(=O)c1cc(Cl)c(Br)s1. The molecule has 2 unspecified atom stereocenters. The Balaban J connectivity index is 2.33. The van der Waals surface area contributed by atoms with E-state index in [9.17, 15) is 13.5 Å². The van der Waals surface area contributed by atoms with Crippen molar-refractivity contribution in [3.8, 4) is 0 Å². The number of hydrogen-bond donors (Lipinski definition) is 1. The van der Waals surface area contributed by atoms with E-state index in [0.717, 1.165) is 37.0 Å². The van der Waals surface area contributed by atoms with Gasteiger partial charge in [-0.2, -0.15) is 4.31 Å². The van der Waals surface area contributed by atoms with Crippen LogP contribution in [0.4, 0.5) is 0 Å². The molecule has 2 atom stereocenters. The molecule has 1 saturated heterocycles. The van der Waals surface area contributed by atoms with Crippen LogP contribution < -0.4 is 0 Å². The average molecular weight is 417 g/mol. The Morgan fingerprint density at radius 3 is 2.81 bits per heavy atom. The van der Waals surface area contributed by atoms with E-state index in [1.165, 1.54) is 6.07 Å². The number of aliphatic hydroxyl groups is 1. The van der Waals surface area contributed by atoms with E-state index in [0.29, 0.717) is 21.8 Å². The fourth-order valence-electron chi connectivity index (χ4n) is 2.67. The van der Waals surface area contributed by atoms with Crippen LogP contribution in [0.15, 0.2) is 14.1 Å². The molecule has 8 heteroatoms. The maximum Gasteiger partial charge on any atom is 0.252 e. The summed E-state index contributed by atoms with van der Waals surface area (Å²) in [7, 11) is -3.56. The number of aliphatic hydroxyl groups excluding tert-OH is 1. The molecule has 120 valence electrons. The monoisotopic (exact) mass is 415 g/mol. The van der Waals surface area contributed by atoms with Crippen LogP contribution in [0.25, 0.3) is 0 Å². The number of sulfonamides is 1. The van der Waals surface area contributed by atoms with Crippen LogP contribution in [0.1, 0.15) is 39.0 Å². The first-order valence-corrected chi connectivity index (χ1v) is 10.4. The van der Waals surface area contributed by atoms with Crippen LogP contribution >= 0.6 is 38.9 Å². The highest BCUT2D eigenvalue weighted by molar-refractivity contribution is 9.11. The van der Waals surface area contributed by atoms with Crippen molar-refractivity contribution < 1.29 is 13.5 Å². The molecule has 1 aliphatic heterocycles. The maximum atomic E-state index is 12.9. The summed E-state index contributed by atoms with van der Waals surface area (Å²) in [6.45, 7) is 2.21. The van der Waals surface area contributed by atoms with Crippen molar-refractivity contribution in [1.82, 2.24) is 4.31 Å². The van der Waals surface area contributed by atoms with E-state index in [-0.39, 0.29) is 10.3 Å². The smallest absolute Gasteiger partial charge is 0.252 e. The summed E-state index contributed by atoms with van der Waals surface area (Å²) in [6.07, 6.45) is 3.64. The molecular weight excluding hydrogens is 398 g/mol. The second-order valence-electron chi connectivity index (χ2n) is 5.39. The zero-order valence-electron chi connectivity index (χ0n) is 11.8. The third kappa shape index (κ3) is 4.20. The summed E-state index contributed by atoms with van der Waals surface area (Å²) in [5, 5.41) is 10.1. The molecule has 0 aromatic carbocycles. The van der Waals surface area contributed by atoms with Gasteiger partial charge in [0.15, 0.2) is 0 Å². The van der Waals surface area contributed by atoms with E-state index in [1.807, 2.05) is 0 Å². The van der Waals surface area contributed by atoms with Gasteiger partial charge in [0.1, 0.15) is 4.21 Å². The van der Waals surface area contributed by atoms with Crippen molar-refractivity contribution in [3.05, 3.63) is 14.9 Å². The van der Waals surface area contributed by atoms with Gasteiger partial charge in [-0.25, -0.2) is 8.42 Å². The first-order valence-electron chi connectivity index (χ1n) is 6.97. The van der Waals surface area contributed by atoms with Gasteiger partial charge < -0.3 is 5.11 Å².